The summed E-state index contributed by atoms with van der Waals surface area (Å²) in [5.41, 5.74) is 9.23. The van der Waals surface area contributed by atoms with Crippen molar-refractivity contribution in [2.45, 2.75) is 18.5 Å². The number of benzene rings is 6. The van der Waals surface area contributed by atoms with Crippen LogP contribution in [0.2, 0.25) is 0 Å². The Hall–Kier alpha value is -5.20. The lowest BCUT2D eigenvalue weighted by Crippen LogP contribution is -2.54. The largest absolute Gasteiger partial charge is 0.456 e. The molecule has 2 aromatic heterocycles. The first-order chi connectivity index (χ1) is 21.8. The molecular formula is C39H29N3O2. The second-order valence-electron chi connectivity index (χ2n) is 11.5. The van der Waals surface area contributed by atoms with Crippen molar-refractivity contribution in [1.82, 2.24) is 16.0 Å². The number of nitrogens with one attached hydrogen (secondary N) is 3. The predicted octanol–water partition coefficient (Wildman–Crippen LogP) is 9.33. The fourth-order valence-corrected chi connectivity index (χ4v) is 6.63. The molecule has 212 valence electrons. The molecule has 5 heteroatoms. The van der Waals surface area contributed by atoms with Crippen molar-refractivity contribution in [2.75, 3.05) is 0 Å². The highest BCUT2D eigenvalue weighted by molar-refractivity contribution is 6.11. The van der Waals surface area contributed by atoms with Gasteiger partial charge in [-0.25, -0.2) is 0 Å². The van der Waals surface area contributed by atoms with Gasteiger partial charge in [-0.2, -0.15) is 0 Å². The zero-order chi connectivity index (χ0) is 29.0. The second-order valence-corrected chi connectivity index (χ2v) is 11.5. The molecule has 0 amide bonds. The first-order valence-corrected chi connectivity index (χ1v) is 15.0. The average molecular weight is 572 g/mol. The molecule has 0 spiro atoms. The van der Waals surface area contributed by atoms with Crippen molar-refractivity contribution in [3.05, 3.63) is 156 Å². The monoisotopic (exact) mass is 571 g/mol. The van der Waals surface area contributed by atoms with Gasteiger partial charge < -0.3 is 8.83 Å². The van der Waals surface area contributed by atoms with Crippen LogP contribution in [-0.2, 0) is 0 Å². The van der Waals surface area contributed by atoms with Gasteiger partial charge in [-0.3, -0.25) is 16.0 Å². The highest BCUT2D eigenvalue weighted by Crippen LogP contribution is 2.39. The topological polar surface area (TPSA) is 62.4 Å². The van der Waals surface area contributed by atoms with Crippen molar-refractivity contribution in [1.29, 1.82) is 0 Å². The fourth-order valence-electron chi connectivity index (χ4n) is 6.63. The second kappa shape index (κ2) is 10.2. The molecular weight excluding hydrogens is 542 g/mol. The maximum atomic E-state index is 6.44. The van der Waals surface area contributed by atoms with Crippen molar-refractivity contribution in [2.24, 2.45) is 0 Å². The van der Waals surface area contributed by atoms with Crippen LogP contribution < -0.4 is 16.0 Å². The lowest BCUT2D eigenvalue weighted by molar-refractivity contribution is 0.203. The van der Waals surface area contributed by atoms with Crippen molar-refractivity contribution >= 4 is 43.9 Å². The molecule has 1 fully saturated rings. The van der Waals surface area contributed by atoms with Gasteiger partial charge in [0.2, 0.25) is 0 Å². The van der Waals surface area contributed by atoms with Gasteiger partial charge in [-0.15, -0.1) is 0 Å². The minimum absolute atomic E-state index is 0.0254. The molecule has 0 bridgehead atoms. The van der Waals surface area contributed by atoms with E-state index in [4.69, 9.17) is 8.83 Å². The number of hydrogen-bond acceptors (Lipinski definition) is 5. The molecule has 1 saturated heterocycles. The van der Waals surface area contributed by atoms with E-state index in [1.54, 1.807) is 0 Å². The van der Waals surface area contributed by atoms with Gasteiger partial charge in [0.25, 0.3) is 0 Å². The minimum Gasteiger partial charge on any atom is -0.456 e. The van der Waals surface area contributed by atoms with E-state index in [1.807, 2.05) is 12.1 Å². The summed E-state index contributed by atoms with van der Waals surface area (Å²) >= 11 is 0. The quantitative estimate of drug-likeness (QED) is 0.196. The third kappa shape index (κ3) is 4.21. The van der Waals surface area contributed by atoms with Gasteiger partial charge in [-0.1, -0.05) is 115 Å². The number of para-hydroxylation sites is 2. The molecule has 3 heterocycles. The Morgan fingerprint density at radius 3 is 1.75 bits per heavy atom. The van der Waals surface area contributed by atoms with Crippen LogP contribution in [0.4, 0.5) is 0 Å². The number of rotatable bonds is 4. The zero-order valence-electron chi connectivity index (χ0n) is 23.8. The van der Waals surface area contributed by atoms with Crippen molar-refractivity contribution in [3.63, 3.8) is 0 Å². The van der Waals surface area contributed by atoms with E-state index in [0.29, 0.717) is 0 Å². The van der Waals surface area contributed by atoms with Gasteiger partial charge in [0.05, 0.1) is 18.5 Å². The van der Waals surface area contributed by atoms with Crippen LogP contribution in [0, 0.1) is 0 Å². The first-order valence-electron chi connectivity index (χ1n) is 15.0. The molecule has 0 aliphatic carbocycles. The molecule has 3 N–H and O–H groups in total. The smallest absolute Gasteiger partial charge is 0.143 e. The predicted molar refractivity (Wildman–Crippen MR) is 177 cm³/mol. The van der Waals surface area contributed by atoms with E-state index < -0.39 is 0 Å². The summed E-state index contributed by atoms with van der Waals surface area (Å²) in [5, 5.41) is 15.7. The van der Waals surface area contributed by atoms with E-state index in [9.17, 15) is 0 Å². The fraction of sp³-hybridized carbons (Fsp3) is 0.0769. The highest BCUT2D eigenvalue weighted by atomic mass is 16.3. The van der Waals surface area contributed by atoms with E-state index in [0.717, 1.165) is 60.6 Å². The van der Waals surface area contributed by atoms with E-state index in [1.165, 1.54) is 11.1 Å². The van der Waals surface area contributed by atoms with E-state index in [-0.39, 0.29) is 18.5 Å². The molecule has 5 nitrogen and oxygen atoms in total. The summed E-state index contributed by atoms with van der Waals surface area (Å²) in [7, 11) is 0. The molecule has 6 aromatic carbocycles. The van der Waals surface area contributed by atoms with Crippen LogP contribution in [0.25, 0.3) is 55.0 Å². The summed E-state index contributed by atoms with van der Waals surface area (Å²) in [5.74, 6) is 0. The molecule has 2 unspecified atom stereocenters. The van der Waals surface area contributed by atoms with E-state index >= 15 is 0 Å². The Balaban J connectivity index is 1.10. The minimum atomic E-state index is -0.0921. The van der Waals surface area contributed by atoms with Gasteiger partial charge in [0, 0.05) is 27.1 Å². The van der Waals surface area contributed by atoms with Crippen LogP contribution >= 0.6 is 0 Å². The number of hydrogen-bond donors (Lipinski definition) is 3. The lowest BCUT2D eigenvalue weighted by Gasteiger charge is -2.39. The average Bonchev–Trinajstić information content (AvgIpc) is 3.66. The molecule has 8 aromatic rings. The summed E-state index contributed by atoms with van der Waals surface area (Å²) in [6.07, 6.45) is -0.143. The van der Waals surface area contributed by atoms with Gasteiger partial charge in [0.1, 0.15) is 22.3 Å². The Kier molecular flexibility index (Phi) is 5.87. The Labute approximate surface area is 254 Å². The van der Waals surface area contributed by atoms with Crippen LogP contribution in [0.15, 0.2) is 148 Å². The highest BCUT2D eigenvalue weighted by Gasteiger charge is 2.30. The van der Waals surface area contributed by atoms with Crippen LogP contribution in [0.5, 0.6) is 0 Å². The molecule has 0 radical (unpaired) electrons. The summed E-state index contributed by atoms with van der Waals surface area (Å²) in [6.45, 7) is 0. The zero-order valence-corrected chi connectivity index (χ0v) is 23.8. The summed E-state index contributed by atoms with van der Waals surface area (Å²) in [4.78, 5) is 0. The van der Waals surface area contributed by atoms with Crippen LogP contribution in [0.1, 0.15) is 35.2 Å². The summed E-state index contributed by atoms with van der Waals surface area (Å²) < 4.78 is 12.8. The molecule has 44 heavy (non-hydrogen) atoms. The van der Waals surface area contributed by atoms with Crippen LogP contribution in [0.3, 0.4) is 0 Å². The number of furan rings is 2. The molecule has 0 saturated carbocycles. The molecule has 1 aliphatic rings. The van der Waals surface area contributed by atoms with Gasteiger partial charge in [0.15, 0.2) is 0 Å². The number of fused-ring (bicyclic) bond motifs is 6. The molecule has 2 atom stereocenters. The summed E-state index contributed by atoms with van der Waals surface area (Å²) in [6, 6.07) is 48.6. The Morgan fingerprint density at radius 1 is 0.386 bits per heavy atom. The molecule has 1 aliphatic heterocycles. The first kappa shape index (κ1) is 25.3. The Bertz CT molecular complexity index is 2240. The van der Waals surface area contributed by atoms with Crippen molar-refractivity contribution in [3.8, 4) is 11.1 Å². The van der Waals surface area contributed by atoms with Gasteiger partial charge in [-0.05, 0) is 46.5 Å². The van der Waals surface area contributed by atoms with Crippen molar-refractivity contribution < 1.29 is 8.83 Å². The SMILES string of the molecule is c1ccc(C2NC(c3ccccc3)NC(c3ccc4c(c3)oc3ccc(-c5cccc6c5oc5ccccc56)cc34)N2)cc1. The van der Waals surface area contributed by atoms with Gasteiger partial charge >= 0.3 is 0 Å². The standard InChI is InChI=1S/C39H29N3O2/c1-3-10-24(11-4-1)37-40-38(25-12-5-2-6-13-25)42-39(41-37)27-18-20-30-32-22-26(19-21-34(32)43-35(30)23-27)28-15-9-16-31-29-14-7-8-17-33(29)44-36(28)31/h1-23,37-42H. The van der Waals surface area contributed by atoms with Crippen LogP contribution in [-0.4, -0.2) is 0 Å². The third-order valence-corrected chi connectivity index (χ3v) is 8.81. The maximum absolute atomic E-state index is 6.44. The van der Waals surface area contributed by atoms with E-state index in [2.05, 4.69) is 143 Å². The lowest BCUT2D eigenvalue weighted by atomic mass is 9.99. The Morgan fingerprint density at radius 2 is 1.00 bits per heavy atom. The third-order valence-electron chi connectivity index (χ3n) is 8.81. The molecule has 9 rings (SSSR count). The normalized spacial score (nSPS) is 18.9. The maximum Gasteiger partial charge on any atom is 0.143 e.